The van der Waals surface area contributed by atoms with Crippen molar-refractivity contribution in [2.45, 2.75) is 25.7 Å². The minimum atomic E-state index is -5.37. The van der Waals surface area contributed by atoms with Crippen LogP contribution in [0.25, 0.3) is 0 Å². The summed E-state index contributed by atoms with van der Waals surface area (Å²) < 4.78 is 93.3. The van der Waals surface area contributed by atoms with Crippen LogP contribution in [0.2, 0.25) is 0 Å². The Labute approximate surface area is 114 Å². The number of hydrogen-bond acceptors (Lipinski definition) is 2. The molecule has 0 N–H and O–H groups in total. The van der Waals surface area contributed by atoms with Gasteiger partial charge in [-0.25, -0.2) is 4.39 Å². The van der Waals surface area contributed by atoms with Crippen molar-refractivity contribution in [3.8, 4) is 0 Å². The summed E-state index contributed by atoms with van der Waals surface area (Å²) >= 11 is 0. The van der Waals surface area contributed by atoms with Gasteiger partial charge in [-0.3, -0.25) is 4.79 Å². The number of ether oxygens (including phenoxy) is 1. The first-order valence-corrected chi connectivity index (χ1v) is 5.59. The second-order valence-electron chi connectivity index (χ2n) is 3.97. The molecule has 0 saturated carbocycles. The Kier molecular flexibility index (Phi) is 4.85. The van der Waals surface area contributed by atoms with E-state index in [1.165, 1.54) is 6.92 Å². The molecule has 0 bridgehead atoms. The lowest BCUT2D eigenvalue weighted by atomic mass is 10.0. The molecular formula is C12H9F7O2. The SMILES string of the molecule is CCOC(=O)Cc1cc(C(F)(F)F)c(C(F)(F)F)cc1F. The van der Waals surface area contributed by atoms with Gasteiger partial charge in [0.25, 0.3) is 0 Å². The summed E-state index contributed by atoms with van der Waals surface area (Å²) in [6.07, 6.45) is -11.6. The fraction of sp³-hybridized carbons (Fsp3) is 0.417. The molecule has 118 valence electrons. The largest absolute Gasteiger partial charge is 0.466 e. The molecule has 0 saturated heterocycles. The van der Waals surface area contributed by atoms with Crippen LogP contribution in [0.3, 0.4) is 0 Å². The van der Waals surface area contributed by atoms with Crippen molar-refractivity contribution >= 4 is 5.97 Å². The first kappa shape index (κ1) is 17.3. The molecule has 21 heavy (non-hydrogen) atoms. The monoisotopic (exact) mass is 318 g/mol. The van der Waals surface area contributed by atoms with Gasteiger partial charge in [-0.05, 0) is 24.6 Å². The van der Waals surface area contributed by atoms with Crippen LogP contribution in [0.1, 0.15) is 23.6 Å². The maximum atomic E-state index is 13.5. The molecule has 2 nitrogen and oxygen atoms in total. The third-order valence-electron chi connectivity index (χ3n) is 2.44. The van der Waals surface area contributed by atoms with Crippen LogP contribution < -0.4 is 0 Å². The van der Waals surface area contributed by atoms with E-state index in [0.29, 0.717) is 0 Å². The van der Waals surface area contributed by atoms with Crippen LogP contribution in [0.5, 0.6) is 0 Å². The van der Waals surface area contributed by atoms with Crippen molar-refractivity contribution < 1.29 is 40.3 Å². The average Bonchev–Trinajstić information content (AvgIpc) is 2.28. The lowest BCUT2D eigenvalue weighted by Gasteiger charge is -2.17. The van der Waals surface area contributed by atoms with Gasteiger partial charge in [-0.15, -0.1) is 0 Å². The number of carbonyl (C=O) groups excluding carboxylic acids is 1. The Bertz CT molecular complexity index is 532. The van der Waals surface area contributed by atoms with E-state index in [0.717, 1.165) is 0 Å². The number of esters is 1. The molecule has 0 heterocycles. The van der Waals surface area contributed by atoms with Gasteiger partial charge in [-0.1, -0.05) is 0 Å². The second-order valence-corrected chi connectivity index (χ2v) is 3.97. The van der Waals surface area contributed by atoms with Crippen LogP contribution in [-0.2, 0) is 28.3 Å². The highest BCUT2D eigenvalue weighted by Gasteiger charge is 2.44. The number of halogens is 7. The molecule has 1 aromatic rings. The van der Waals surface area contributed by atoms with E-state index in [2.05, 4.69) is 4.74 Å². The third-order valence-corrected chi connectivity index (χ3v) is 2.44. The molecule has 0 aliphatic carbocycles. The van der Waals surface area contributed by atoms with Gasteiger partial charge in [0.15, 0.2) is 0 Å². The Hall–Kier alpha value is -1.80. The summed E-state index contributed by atoms with van der Waals surface area (Å²) in [6.45, 7) is 1.33. The first-order chi connectivity index (χ1) is 9.46. The van der Waals surface area contributed by atoms with Crippen LogP contribution in [0.4, 0.5) is 30.7 Å². The first-order valence-electron chi connectivity index (χ1n) is 5.59. The number of hydrogen-bond donors (Lipinski definition) is 0. The van der Waals surface area contributed by atoms with E-state index in [-0.39, 0.29) is 18.7 Å². The smallest absolute Gasteiger partial charge is 0.417 e. The Morgan fingerprint density at radius 1 is 1.05 bits per heavy atom. The summed E-state index contributed by atoms with van der Waals surface area (Å²) in [4.78, 5) is 11.1. The van der Waals surface area contributed by atoms with Crippen molar-refractivity contribution in [3.05, 3.63) is 34.6 Å². The summed E-state index contributed by atoms with van der Waals surface area (Å²) in [7, 11) is 0. The van der Waals surface area contributed by atoms with Gasteiger partial charge in [0.05, 0.1) is 24.2 Å². The zero-order valence-corrected chi connectivity index (χ0v) is 10.5. The fourth-order valence-electron chi connectivity index (χ4n) is 1.59. The number of benzene rings is 1. The van der Waals surface area contributed by atoms with E-state index in [4.69, 9.17) is 0 Å². The van der Waals surface area contributed by atoms with E-state index in [9.17, 15) is 35.5 Å². The Morgan fingerprint density at radius 3 is 1.95 bits per heavy atom. The van der Waals surface area contributed by atoms with Crippen LogP contribution >= 0.6 is 0 Å². The minimum absolute atomic E-state index is 0.0188. The molecule has 0 amide bonds. The van der Waals surface area contributed by atoms with Gasteiger partial charge in [0, 0.05) is 0 Å². The normalized spacial score (nSPS) is 12.4. The van der Waals surface area contributed by atoms with Gasteiger partial charge < -0.3 is 4.74 Å². The highest BCUT2D eigenvalue weighted by Crippen LogP contribution is 2.41. The van der Waals surface area contributed by atoms with Crippen molar-refractivity contribution in [2.75, 3.05) is 6.61 Å². The number of carbonyl (C=O) groups is 1. The predicted molar refractivity (Wildman–Crippen MR) is 56.7 cm³/mol. The van der Waals surface area contributed by atoms with Crippen LogP contribution in [0, 0.1) is 5.82 Å². The second kappa shape index (κ2) is 5.90. The lowest BCUT2D eigenvalue weighted by molar-refractivity contribution is -0.162. The zero-order valence-electron chi connectivity index (χ0n) is 10.5. The lowest BCUT2D eigenvalue weighted by Crippen LogP contribution is -2.19. The molecule has 0 unspecified atom stereocenters. The van der Waals surface area contributed by atoms with Crippen LogP contribution in [-0.4, -0.2) is 12.6 Å². The molecule has 0 atom stereocenters. The molecule has 0 aliphatic heterocycles. The van der Waals surface area contributed by atoms with Gasteiger partial charge >= 0.3 is 18.3 Å². The third kappa shape index (κ3) is 4.33. The molecule has 0 spiro atoms. The molecular weight excluding hydrogens is 309 g/mol. The molecule has 1 rings (SSSR count). The van der Waals surface area contributed by atoms with Gasteiger partial charge in [-0.2, -0.15) is 26.3 Å². The summed E-state index contributed by atoms with van der Waals surface area (Å²) in [5, 5.41) is 0. The summed E-state index contributed by atoms with van der Waals surface area (Å²) in [5.41, 5.74) is -5.00. The topological polar surface area (TPSA) is 26.3 Å². The fourth-order valence-corrected chi connectivity index (χ4v) is 1.59. The summed E-state index contributed by atoms with van der Waals surface area (Å²) in [6, 6.07) is -0.285. The van der Waals surface area contributed by atoms with E-state index in [1.807, 2.05) is 0 Å². The minimum Gasteiger partial charge on any atom is -0.466 e. The highest BCUT2D eigenvalue weighted by atomic mass is 19.4. The van der Waals surface area contributed by atoms with E-state index >= 15 is 0 Å². The van der Waals surface area contributed by atoms with E-state index < -0.39 is 47.3 Å². The van der Waals surface area contributed by atoms with Crippen molar-refractivity contribution in [1.82, 2.24) is 0 Å². The Balaban J connectivity index is 3.35. The van der Waals surface area contributed by atoms with E-state index in [1.54, 1.807) is 0 Å². The number of rotatable bonds is 3. The predicted octanol–water partition coefficient (Wildman–Crippen LogP) is 3.97. The maximum absolute atomic E-state index is 13.5. The highest BCUT2D eigenvalue weighted by molar-refractivity contribution is 5.72. The van der Waals surface area contributed by atoms with Gasteiger partial charge in [0.1, 0.15) is 5.82 Å². The zero-order chi connectivity index (χ0) is 16.4. The maximum Gasteiger partial charge on any atom is 0.417 e. The van der Waals surface area contributed by atoms with Crippen molar-refractivity contribution in [2.24, 2.45) is 0 Å². The standard InChI is InChI=1S/C12H9F7O2/c1-2-21-10(20)4-6-3-7(11(14,15)16)8(5-9(6)13)12(17,18)19/h3,5H,2,4H2,1H3. The molecule has 9 heteroatoms. The number of alkyl halides is 6. The van der Waals surface area contributed by atoms with Crippen LogP contribution in [0.15, 0.2) is 12.1 Å². The Morgan fingerprint density at radius 2 is 1.52 bits per heavy atom. The van der Waals surface area contributed by atoms with Crippen molar-refractivity contribution in [1.29, 1.82) is 0 Å². The summed E-state index contributed by atoms with van der Waals surface area (Å²) in [5.74, 6) is -2.59. The quantitative estimate of drug-likeness (QED) is 0.623. The van der Waals surface area contributed by atoms with Crippen molar-refractivity contribution in [3.63, 3.8) is 0 Å². The molecule has 0 radical (unpaired) electrons. The molecule has 0 aliphatic rings. The van der Waals surface area contributed by atoms with Gasteiger partial charge in [0.2, 0.25) is 0 Å². The molecule has 0 aromatic heterocycles. The average molecular weight is 318 g/mol. The molecule has 0 fully saturated rings. The molecule has 1 aromatic carbocycles.